The summed E-state index contributed by atoms with van der Waals surface area (Å²) in [6.07, 6.45) is 1.14. The van der Waals surface area contributed by atoms with E-state index in [0.29, 0.717) is 19.4 Å². The van der Waals surface area contributed by atoms with E-state index in [1.165, 1.54) is 7.11 Å². The van der Waals surface area contributed by atoms with Crippen LogP contribution in [0.25, 0.3) is 0 Å². The van der Waals surface area contributed by atoms with E-state index in [-0.39, 0.29) is 18.4 Å². The maximum atomic E-state index is 11.4. The fraction of sp³-hybridized carbons (Fsp3) is 0.467. The maximum Gasteiger partial charge on any atom is 0.309 e. The number of hydrogen-bond donors (Lipinski definition) is 0. The van der Waals surface area contributed by atoms with Crippen molar-refractivity contribution in [1.82, 2.24) is 0 Å². The third-order valence-corrected chi connectivity index (χ3v) is 2.96. The predicted octanol–water partition coefficient (Wildman–Crippen LogP) is 2.21. The van der Waals surface area contributed by atoms with Gasteiger partial charge in [0.15, 0.2) is 0 Å². The molecule has 1 aromatic carbocycles. The van der Waals surface area contributed by atoms with E-state index in [4.69, 9.17) is 9.47 Å². The molecule has 0 heterocycles. The van der Waals surface area contributed by atoms with Gasteiger partial charge in [-0.05, 0) is 37.0 Å². The van der Waals surface area contributed by atoms with Crippen LogP contribution in [0.1, 0.15) is 30.0 Å². The van der Waals surface area contributed by atoms with E-state index in [2.05, 4.69) is 0 Å². The molecular weight excluding hydrogens is 244 g/mol. The lowest BCUT2D eigenvalue weighted by molar-refractivity contribution is -0.143. The second kappa shape index (κ2) is 7.56. The zero-order chi connectivity index (χ0) is 14.3. The number of carbonyl (C=O) groups excluding carboxylic acids is 2. The van der Waals surface area contributed by atoms with Crippen molar-refractivity contribution in [3.8, 4) is 0 Å². The van der Waals surface area contributed by atoms with Crippen molar-refractivity contribution in [2.75, 3.05) is 13.7 Å². The van der Waals surface area contributed by atoms with Gasteiger partial charge in [0.25, 0.3) is 0 Å². The van der Waals surface area contributed by atoms with Gasteiger partial charge in [0.1, 0.15) is 0 Å². The summed E-state index contributed by atoms with van der Waals surface area (Å²) in [7, 11) is 1.37. The van der Waals surface area contributed by atoms with Gasteiger partial charge < -0.3 is 9.47 Å². The van der Waals surface area contributed by atoms with Gasteiger partial charge in [0, 0.05) is 6.42 Å². The third kappa shape index (κ3) is 4.73. The van der Waals surface area contributed by atoms with Crippen LogP contribution >= 0.6 is 0 Å². The van der Waals surface area contributed by atoms with Gasteiger partial charge in [-0.1, -0.05) is 18.2 Å². The number of ether oxygens (including phenoxy) is 2. The van der Waals surface area contributed by atoms with Crippen LogP contribution in [-0.2, 0) is 31.9 Å². The van der Waals surface area contributed by atoms with Crippen LogP contribution < -0.4 is 0 Å². The molecule has 0 aromatic heterocycles. The standard InChI is InChI=1S/C15H20O4/c1-4-19-14(16)9-8-12-7-5-6-11(2)13(12)10-15(17)18-3/h5-7H,4,8-10H2,1-3H3. The Morgan fingerprint density at radius 1 is 1.21 bits per heavy atom. The van der Waals surface area contributed by atoms with Gasteiger partial charge in [-0.25, -0.2) is 0 Å². The molecule has 1 aromatic rings. The molecule has 1 rings (SSSR count). The summed E-state index contributed by atoms with van der Waals surface area (Å²) < 4.78 is 9.60. The van der Waals surface area contributed by atoms with Gasteiger partial charge >= 0.3 is 11.9 Å². The van der Waals surface area contributed by atoms with Gasteiger partial charge in [0.2, 0.25) is 0 Å². The van der Waals surface area contributed by atoms with Crippen molar-refractivity contribution >= 4 is 11.9 Å². The first-order chi connectivity index (χ1) is 9.08. The molecule has 0 atom stereocenters. The average Bonchev–Trinajstić information content (AvgIpc) is 2.39. The third-order valence-electron chi connectivity index (χ3n) is 2.96. The number of benzene rings is 1. The highest BCUT2D eigenvalue weighted by molar-refractivity contribution is 5.74. The van der Waals surface area contributed by atoms with E-state index in [0.717, 1.165) is 16.7 Å². The smallest absolute Gasteiger partial charge is 0.309 e. The quantitative estimate of drug-likeness (QED) is 0.739. The number of methoxy groups -OCH3 is 1. The zero-order valence-corrected chi connectivity index (χ0v) is 11.7. The molecule has 104 valence electrons. The summed E-state index contributed by atoms with van der Waals surface area (Å²) in [5.74, 6) is -0.486. The van der Waals surface area contributed by atoms with Crippen LogP contribution in [-0.4, -0.2) is 25.7 Å². The van der Waals surface area contributed by atoms with Gasteiger partial charge in [-0.15, -0.1) is 0 Å². The minimum absolute atomic E-state index is 0.215. The van der Waals surface area contributed by atoms with E-state index in [1.54, 1.807) is 6.92 Å². The average molecular weight is 264 g/mol. The van der Waals surface area contributed by atoms with E-state index >= 15 is 0 Å². The Bertz CT molecular complexity index is 451. The fourth-order valence-corrected chi connectivity index (χ4v) is 1.94. The van der Waals surface area contributed by atoms with Crippen molar-refractivity contribution in [3.63, 3.8) is 0 Å². The molecule has 0 aliphatic heterocycles. The lowest BCUT2D eigenvalue weighted by atomic mass is 9.96. The minimum atomic E-state index is -0.272. The Morgan fingerprint density at radius 2 is 1.95 bits per heavy atom. The van der Waals surface area contributed by atoms with Gasteiger partial charge in [0.05, 0.1) is 20.1 Å². The molecule has 0 N–H and O–H groups in total. The molecule has 0 fully saturated rings. The predicted molar refractivity (Wildman–Crippen MR) is 71.9 cm³/mol. The Kier molecular flexibility index (Phi) is 6.06. The number of rotatable bonds is 6. The molecule has 0 radical (unpaired) electrons. The Morgan fingerprint density at radius 3 is 2.58 bits per heavy atom. The SMILES string of the molecule is CCOC(=O)CCc1cccc(C)c1CC(=O)OC. The summed E-state index contributed by atoms with van der Waals surface area (Å²) in [4.78, 5) is 22.8. The highest BCUT2D eigenvalue weighted by Crippen LogP contribution is 2.17. The number of esters is 2. The van der Waals surface area contributed by atoms with Crippen LogP contribution in [0.15, 0.2) is 18.2 Å². The first-order valence-corrected chi connectivity index (χ1v) is 6.38. The summed E-state index contributed by atoms with van der Waals surface area (Å²) in [5.41, 5.74) is 2.98. The molecule has 0 saturated carbocycles. The maximum absolute atomic E-state index is 11.4. The monoisotopic (exact) mass is 264 g/mol. The molecule has 0 aliphatic carbocycles. The van der Waals surface area contributed by atoms with Crippen molar-refractivity contribution in [2.24, 2.45) is 0 Å². The van der Waals surface area contributed by atoms with Crippen molar-refractivity contribution in [3.05, 3.63) is 34.9 Å². The summed E-state index contributed by atoms with van der Waals surface area (Å²) in [6, 6.07) is 5.81. The minimum Gasteiger partial charge on any atom is -0.469 e. The first kappa shape index (κ1) is 15.2. The van der Waals surface area contributed by atoms with Crippen molar-refractivity contribution < 1.29 is 19.1 Å². The van der Waals surface area contributed by atoms with Gasteiger partial charge in [-0.3, -0.25) is 9.59 Å². The van der Waals surface area contributed by atoms with E-state index in [1.807, 2.05) is 25.1 Å². The highest BCUT2D eigenvalue weighted by atomic mass is 16.5. The highest BCUT2D eigenvalue weighted by Gasteiger charge is 2.12. The van der Waals surface area contributed by atoms with E-state index < -0.39 is 0 Å². The summed E-state index contributed by atoms with van der Waals surface area (Å²) in [5, 5.41) is 0. The van der Waals surface area contributed by atoms with Crippen molar-refractivity contribution in [2.45, 2.75) is 33.1 Å². The zero-order valence-electron chi connectivity index (χ0n) is 11.7. The summed E-state index contributed by atoms with van der Waals surface area (Å²) >= 11 is 0. The van der Waals surface area contributed by atoms with Crippen LogP contribution in [0.3, 0.4) is 0 Å². The van der Waals surface area contributed by atoms with Crippen LogP contribution in [0.2, 0.25) is 0 Å². The largest absolute Gasteiger partial charge is 0.469 e. The Hall–Kier alpha value is -1.84. The normalized spacial score (nSPS) is 10.1. The Balaban J connectivity index is 2.79. The topological polar surface area (TPSA) is 52.6 Å². The molecule has 0 spiro atoms. The second-order valence-corrected chi connectivity index (χ2v) is 4.27. The van der Waals surface area contributed by atoms with Crippen LogP contribution in [0.4, 0.5) is 0 Å². The number of hydrogen-bond acceptors (Lipinski definition) is 4. The fourth-order valence-electron chi connectivity index (χ4n) is 1.94. The van der Waals surface area contributed by atoms with Crippen LogP contribution in [0, 0.1) is 6.92 Å². The Labute approximate surface area is 113 Å². The van der Waals surface area contributed by atoms with Gasteiger partial charge in [-0.2, -0.15) is 0 Å². The molecule has 0 bridgehead atoms. The lowest BCUT2D eigenvalue weighted by Gasteiger charge is -2.11. The molecule has 4 nitrogen and oxygen atoms in total. The lowest BCUT2D eigenvalue weighted by Crippen LogP contribution is -2.10. The van der Waals surface area contributed by atoms with E-state index in [9.17, 15) is 9.59 Å². The number of aryl methyl sites for hydroxylation is 2. The molecule has 0 unspecified atom stereocenters. The van der Waals surface area contributed by atoms with Crippen molar-refractivity contribution in [1.29, 1.82) is 0 Å². The molecular formula is C15H20O4. The molecule has 0 saturated heterocycles. The molecule has 4 heteroatoms. The molecule has 0 aliphatic rings. The number of carbonyl (C=O) groups is 2. The van der Waals surface area contributed by atoms with Crippen LogP contribution in [0.5, 0.6) is 0 Å². The first-order valence-electron chi connectivity index (χ1n) is 6.38. The molecule has 19 heavy (non-hydrogen) atoms. The summed E-state index contributed by atoms with van der Waals surface area (Å²) in [6.45, 7) is 4.13. The molecule has 0 amide bonds. The second-order valence-electron chi connectivity index (χ2n) is 4.27.